The van der Waals surface area contributed by atoms with Crippen LogP contribution in [0.25, 0.3) is 0 Å². The van der Waals surface area contributed by atoms with Crippen molar-refractivity contribution in [2.24, 2.45) is 0 Å². The first kappa shape index (κ1) is 43.7. The van der Waals surface area contributed by atoms with Gasteiger partial charge >= 0.3 is 37.2 Å². The molecule has 0 bridgehead atoms. The van der Waals surface area contributed by atoms with Crippen molar-refractivity contribution >= 4 is 60.1 Å². The van der Waals surface area contributed by atoms with Gasteiger partial charge in [-0.3, -0.25) is 40.2 Å². The number of aryl methyl sites for hydroxylation is 2. The number of carbonyl (C=O) groups is 2. The molecule has 4 heterocycles. The van der Waals surface area contributed by atoms with Crippen molar-refractivity contribution in [2.45, 2.75) is 52.7 Å². The van der Waals surface area contributed by atoms with Crippen LogP contribution >= 0.6 is 11.6 Å². The van der Waals surface area contributed by atoms with Crippen molar-refractivity contribution in [1.29, 1.82) is 0 Å². The zero-order chi connectivity index (χ0) is 42.1. The summed E-state index contributed by atoms with van der Waals surface area (Å²) in [6.07, 6.45) is 1.03. The molecule has 0 saturated carbocycles. The summed E-state index contributed by atoms with van der Waals surface area (Å²) in [6, 6.07) is 10.6. The molecule has 2 unspecified atom stereocenters. The van der Waals surface area contributed by atoms with Crippen LogP contribution in [-0.4, -0.2) is 74.8 Å². The average Bonchev–Trinajstić information content (AvgIpc) is 3.61. The number of hydrogen-bond acceptors (Lipinski definition) is 16. The molecule has 4 aromatic rings. The highest BCUT2D eigenvalue weighted by Crippen LogP contribution is 2.34. The Kier molecular flexibility index (Phi) is 14.7. The largest absolute Gasteiger partial charge is 0.508 e. The first-order chi connectivity index (χ1) is 26.9. The summed E-state index contributed by atoms with van der Waals surface area (Å²) in [5.41, 5.74) is 3.42. The van der Waals surface area contributed by atoms with E-state index < -0.39 is 42.3 Å². The minimum atomic E-state index is -1.26. The second kappa shape index (κ2) is 19.2. The van der Waals surface area contributed by atoms with E-state index in [2.05, 4.69) is 0 Å². The van der Waals surface area contributed by atoms with Crippen molar-refractivity contribution in [3.05, 3.63) is 109 Å². The van der Waals surface area contributed by atoms with Gasteiger partial charge in [0.1, 0.15) is 23.6 Å². The van der Waals surface area contributed by atoms with Crippen molar-refractivity contribution in [3.63, 3.8) is 0 Å². The fourth-order valence-electron chi connectivity index (χ4n) is 5.92. The van der Waals surface area contributed by atoms with Gasteiger partial charge in [0.15, 0.2) is 0 Å². The van der Waals surface area contributed by atoms with E-state index in [1.54, 1.807) is 39.8 Å². The third-order valence-corrected chi connectivity index (χ3v) is 8.56. The Bertz CT molecular complexity index is 2160. The number of aromatic hydroxyl groups is 1. The quantitative estimate of drug-likeness (QED) is 0.0292. The summed E-state index contributed by atoms with van der Waals surface area (Å²) in [7, 11) is -2.37. The molecule has 20 nitrogen and oxygen atoms in total. The molecule has 0 fully saturated rings. The fourth-order valence-corrected chi connectivity index (χ4v) is 6.09. The number of hydrogen-bond donors (Lipinski definition) is 5. The van der Waals surface area contributed by atoms with E-state index in [4.69, 9.17) is 40.3 Å². The average molecular weight is 815 g/mol. The van der Waals surface area contributed by atoms with Gasteiger partial charge in [0.05, 0.1) is 60.2 Å². The first-order valence-corrected chi connectivity index (χ1v) is 17.4. The standard InChI is InChI=1S/C17H18BN2O8.C12H15BO5.C5H4ClN2O3/c1-3-26-16(21)9-14-17-10(2)6-12(8-13(17)18(22)28-14)27-15-7-11(20(24)25)4-5-19(15)23;1-3-17-11(15)6-10-12-7(2)4-8(14)5-9(12)13(16)18-10;6-5-3-4(8(10)11)1-2-7(5)9/h4-8,14,22-23H,3,9H2,1-2H3;4-5,10,14,16H,3,6H2,1-2H3;1-3,9H/q+1;;+1. The molecule has 0 spiro atoms. The Hall–Kier alpha value is -6.06. The van der Waals surface area contributed by atoms with Crippen LogP contribution in [0.4, 0.5) is 11.4 Å². The van der Waals surface area contributed by atoms with Crippen molar-refractivity contribution in [3.8, 4) is 17.4 Å². The minimum Gasteiger partial charge on any atom is -0.508 e. The lowest BCUT2D eigenvalue weighted by Gasteiger charge is -2.14. The van der Waals surface area contributed by atoms with Gasteiger partial charge in [0, 0.05) is 9.46 Å². The lowest BCUT2D eigenvalue weighted by molar-refractivity contribution is -0.905. The lowest BCUT2D eigenvalue weighted by atomic mass is 9.77. The second-order valence-electron chi connectivity index (χ2n) is 12.2. The number of phenolic OH excluding ortho intramolecular Hbond substituents is 1. The van der Waals surface area contributed by atoms with E-state index in [-0.39, 0.29) is 59.3 Å². The molecule has 2 aromatic carbocycles. The SMILES string of the molecule is CCOC(=O)CC1OB(O)c2cc(O)cc(C)c21.CCOC(=O)CC1OB(O)c2cc(Oc3cc([N+](=O)[O-])cc[n+]3O)cc(C)c21.O=[N+]([O-])c1cc[n+](O)c(Cl)c1. The molecule has 6 rings (SSSR count). The molecular formula is C34H37B2ClN4O16+2. The van der Waals surface area contributed by atoms with Gasteiger partial charge in [0.2, 0.25) is 12.4 Å². The number of ether oxygens (including phenoxy) is 3. The highest BCUT2D eigenvalue weighted by atomic mass is 35.5. The van der Waals surface area contributed by atoms with Gasteiger partial charge in [0.25, 0.3) is 11.4 Å². The van der Waals surface area contributed by atoms with Gasteiger partial charge < -0.3 is 38.7 Å². The van der Waals surface area contributed by atoms with Crippen LogP contribution in [0.1, 0.15) is 61.2 Å². The summed E-state index contributed by atoms with van der Waals surface area (Å²) >= 11 is 5.37. The van der Waals surface area contributed by atoms with Crippen molar-refractivity contribution < 1.29 is 78.0 Å². The normalized spacial score (nSPS) is 14.9. The number of rotatable bonds is 10. The summed E-state index contributed by atoms with van der Waals surface area (Å²) < 4.78 is 27.3. The Morgan fingerprint density at radius 3 is 1.75 bits per heavy atom. The van der Waals surface area contributed by atoms with Crippen LogP contribution in [0, 0.1) is 34.1 Å². The highest BCUT2D eigenvalue weighted by Gasteiger charge is 2.39. The number of pyridine rings is 2. The number of esters is 2. The van der Waals surface area contributed by atoms with Gasteiger partial charge in [-0.05, 0) is 96.7 Å². The molecule has 5 N–H and O–H groups in total. The monoisotopic (exact) mass is 814 g/mol. The van der Waals surface area contributed by atoms with E-state index >= 15 is 0 Å². The first-order valence-electron chi connectivity index (χ1n) is 17.0. The maximum atomic E-state index is 11.8. The summed E-state index contributed by atoms with van der Waals surface area (Å²) in [4.78, 5) is 43.1. The predicted octanol–water partition coefficient (Wildman–Crippen LogP) is 2.12. The Labute approximate surface area is 329 Å². The van der Waals surface area contributed by atoms with Crippen LogP contribution in [0.5, 0.6) is 17.4 Å². The highest BCUT2D eigenvalue weighted by molar-refractivity contribution is 6.62. The molecule has 0 amide bonds. The number of fused-ring (bicyclic) bond motifs is 2. The molecule has 0 aliphatic carbocycles. The molecule has 23 heteroatoms. The maximum Gasteiger partial charge on any atom is 0.492 e. The van der Waals surface area contributed by atoms with Gasteiger partial charge in [-0.2, -0.15) is 0 Å². The van der Waals surface area contributed by atoms with E-state index in [0.717, 1.165) is 47.8 Å². The number of carbonyl (C=O) groups excluding carboxylic acids is 2. The van der Waals surface area contributed by atoms with Crippen LogP contribution in [0.15, 0.2) is 60.9 Å². The number of benzene rings is 2. The van der Waals surface area contributed by atoms with Crippen molar-refractivity contribution in [2.75, 3.05) is 13.2 Å². The Morgan fingerprint density at radius 1 is 0.789 bits per heavy atom. The molecule has 2 aromatic heterocycles. The van der Waals surface area contributed by atoms with Gasteiger partial charge in [-0.25, -0.2) is 0 Å². The topological polar surface area (TPSA) is 275 Å². The second-order valence-corrected chi connectivity index (χ2v) is 12.6. The summed E-state index contributed by atoms with van der Waals surface area (Å²) in [5.74, 6) is -0.671. The van der Waals surface area contributed by atoms with Crippen LogP contribution in [0.3, 0.4) is 0 Å². The van der Waals surface area contributed by atoms with Gasteiger partial charge in [-0.1, -0.05) is 0 Å². The van der Waals surface area contributed by atoms with E-state index in [9.17, 15) is 50.2 Å². The third-order valence-electron chi connectivity index (χ3n) is 8.27. The number of phenols is 1. The molecule has 300 valence electrons. The number of nitro groups is 2. The minimum absolute atomic E-state index is 0.0412. The zero-order valence-electron chi connectivity index (χ0n) is 30.8. The van der Waals surface area contributed by atoms with E-state index in [0.29, 0.717) is 38.1 Å². The Balaban J connectivity index is 0.000000211. The number of halogens is 1. The fraction of sp³-hybridized carbons (Fsp3) is 0.294. The molecule has 2 aliphatic heterocycles. The zero-order valence-corrected chi connectivity index (χ0v) is 31.6. The summed E-state index contributed by atoms with van der Waals surface area (Å²) in [6.45, 7) is 7.56. The Morgan fingerprint density at radius 2 is 1.26 bits per heavy atom. The van der Waals surface area contributed by atoms with E-state index in [1.807, 2.05) is 0 Å². The maximum absolute atomic E-state index is 11.8. The smallest absolute Gasteiger partial charge is 0.492 e. The number of aromatic nitrogens is 2. The predicted molar refractivity (Wildman–Crippen MR) is 195 cm³/mol. The van der Waals surface area contributed by atoms with Gasteiger partial charge in [-0.15, -0.1) is 0 Å². The summed E-state index contributed by atoms with van der Waals surface area (Å²) in [5, 5.41) is 69.0. The number of nitrogens with zero attached hydrogens (tertiary/aromatic N) is 4. The van der Waals surface area contributed by atoms with Crippen LogP contribution in [-0.2, 0) is 28.4 Å². The van der Waals surface area contributed by atoms with Crippen LogP contribution in [0.2, 0.25) is 5.15 Å². The molecule has 0 saturated heterocycles. The molecule has 0 radical (unpaired) electrons. The van der Waals surface area contributed by atoms with Crippen LogP contribution < -0.4 is 25.1 Å². The lowest BCUT2D eigenvalue weighted by Crippen LogP contribution is -2.31. The van der Waals surface area contributed by atoms with E-state index in [1.165, 1.54) is 12.1 Å². The molecule has 57 heavy (non-hydrogen) atoms. The third kappa shape index (κ3) is 11.0. The molecule has 2 aliphatic rings. The molecular weight excluding hydrogens is 777 g/mol. The molecule has 2 atom stereocenters. The van der Waals surface area contributed by atoms with Crippen molar-refractivity contribution in [1.82, 2.24) is 0 Å².